The van der Waals surface area contributed by atoms with Crippen molar-refractivity contribution < 1.29 is 23.1 Å². The number of benzene rings is 1. The normalized spacial score (nSPS) is 23.1. The van der Waals surface area contributed by atoms with Crippen molar-refractivity contribution in [2.75, 3.05) is 5.32 Å². The molecule has 1 saturated carbocycles. The number of nitrogens with zero attached hydrogens (tertiary/aromatic N) is 4. The monoisotopic (exact) mass is 556 g/mol. The van der Waals surface area contributed by atoms with Gasteiger partial charge in [-0.3, -0.25) is 4.90 Å². The Hall–Kier alpha value is -3.22. The molecule has 4 N–H and O–H groups in total. The number of primary sulfonamides is 1. The molecule has 12 heteroatoms. The molecule has 0 saturated heterocycles. The fraction of sp³-hybridized carbons (Fsp3) is 0.519. The standard InChI is InChI=1S/C27H36N6O5S/c1-17-21-15-18-16-29-23(30-19-9-11-20(12-10-19)39(28,36)37)31-22(18)33(21)27(13-7-6-8-14-27)26(5,35)32(17)24(34)38-25(2,3)4/h9-12,15-17,35H,6-8,13-14H2,1-5H3,(H2,28,36,37)(H,29,30,31). The SMILES string of the molecule is CC1c2cc3cnc(Nc4ccc(S(N)(=O)=O)cc4)nc3n2C2(CCCCC2)C(C)(O)N1C(=O)OC(C)(C)C. The van der Waals surface area contributed by atoms with E-state index in [1.54, 1.807) is 25.3 Å². The van der Waals surface area contributed by atoms with Gasteiger partial charge in [0.1, 0.15) is 11.2 Å². The average molecular weight is 557 g/mol. The van der Waals surface area contributed by atoms with Crippen molar-refractivity contribution in [3.63, 3.8) is 0 Å². The number of anilines is 2. The Morgan fingerprint density at radius 3 is 2.41 bits per heavy atom. The quantitative estimate of drug-likeness (QED) is 0.426. The van der Waals surface area contributed by atoms with Crippen LogP contribution < -0.4 is 10.5 Å². The first-order valence-corrected chi connectivity index (χ1v) is 14.7. The summed E-state index contributed by atoms with van der Waals surface area (Å²) in [5.41, 5.74) is -0.967. The van der Waals surface area contributed by atoms with Gasteiger partial charge in [0.2, 0.25) is 16.0 Å². The summed E-state index contributed by atoms with van der Waals surface area (Å²) >= 11 is 0. The molecule has 2 unspecified atom stereocenters. The molecule has 0 radical (unpaired) electrons. The molecule has 11 nitrogen and oxygen atoms in total. The van der Waals surface area contributed by atoms with Crippen LogP contribution in [0.4, 0.5) is 16.4 Å². The molecule has 1 amide bonds. The molecule has 2 aliphatic rings. The van der Waals surface area contributed by atoms with Crippen molar-refractivity contribution >= 4 is 38.8 Å². The molecule has 1 aliphatic heterocycles. The lowest BCUT2D eigenvalue weighted by molar-refractivity contribution is -0.204. The van der Waals surface area contributed by atoms with Crippen LogP contribution in [0.1, 0.15) is 78.5 Å². The van der Waals surface area contributed by atoms with Crippen molar-refractivity contribution in [3.8, 4) is 0 Å². The first kappa shape index (κ1) is 27.4. The van der Waals surface area contributed by atoms with Gasteiger partial charge in [-0.15, -0.1) is 0 Å². The summed E-state index contributed by atoms with van der Waals surface area (Å²) in [6.45, 7) is 9.04. The van der Waals surface area contributed by atoms with Crippen LogP contribution in [0.25, 0.3) is 11.0 Å². The van der Waals surface area contributed by atoms with Gasteiger partial charge in [0.25, 0.3) is 0 Å². The van der Waals surface area contributed by atoms with E-state index in [2.05, 4.69) is 14.9 Å². The van der Waals surface area contributed by atoms with E-state index >= 15 is 0 Å². The van der Waals surface area contributed by atoms with Crippen LogP contribution in [0.2, 0.25) is 0 Å². The number of ether oxygens (including phenoxy) is 1. The largest absolute Gasteiger partial charge is 0.444 e. The van der Waals surface area contributed by atoms with E-state index in [0.717, 1.165) is 30.3 Å². The third kappa shape index (κ3) is 4.64. The maximum absolute atomic E-state index is 13.5. The zero-order valence-electron chi connectivity index (χ0n) is 22.9. The van der Waals surface area contributed by atoms with E-state index < -0.39 is 39.0 Å². The molecule has 1 fully saturated rings. The van der Waals surface area contributed by atoms with E-state index in [-0.39, 0.29) is 4.90 Å². The minimum absolute atomic E-state index is 0.00933. The van der Waals surface area contributed by atoms with E-state index in [4.69, 9.17) is 14.9 Å². The van der Waals surface area contributed by atoms with Crippen LogP contribution in [0.15, 0.2) is 41.4 Å². The first-order chi connectivity index (χ1) is 18.1. The molecule has 3 aromatic rings. The highest BCUT2D eigenvalue weighted by Crippen LogP contribution is 2.53. The molecule has 5 rings (SSSR count). The number of amides is 1. The average Bonchev–Trinajstić information content (AvgIpc) is 3.22. The van der Waals surface area contributed by atoms with Crippen LogP contribution in [0, 0.1) is 0 Å². The second-order valence-corrected chi connectivity index (χ2v) is 13.3. The van der Waals surface area contributed by atoms with Crippen LogP contribution in [0.5, 0.6) is 0 Å². The second kappa shape index (κ2) is 9.17. The first-order valence-electron chi connectivity index (χ1n) is 13.2. The highest BCUT2D eigenvalue weighted by molar-refractivity contribution is 7.89. The maximum Gasteiger partial charge on any atom is 0.413 e. The summed E-state index contributed by atoms with van der Waals surface area (Å²) < 4.78 is 31.1. The molecule has 210 valence electrons. The Morgan fingerprint density at radius 2 is 1.82 bits per heavy atom. The van der Waals surface area contributed by atoms with E-state index in [9.17, 15) is 18.3 Å². The van der Waals surface area contributed by atoms with Crippen molar-refractivity contribution in [3.05, 3.63) is 42.2 Å². The highest BCUT2D eigenvalue weighted by atomic mass is 32.2. The van der Waals surface area contributed by atoms with E-state index in [1.165, 1.54) is 17.0 Å². The molecule has 2 aromatic heterocycles. The molecule has 1 aliphatic carbocycles. The number of hydrogen-bond donors (Lipinski definition) is 3. The number of nitrogens with two attached hydrogens (primary N) is 1. The van der Waals surface area contributed by atoms with Crippen molar-refractivity contribution in [2.24, 2.45) is 5.14 Å². The van der Waals surface area contributed by atoms with Gasteiger partial charge in [-0.2, -0.15) is 4.98 Å². The number of carbonyl (C=O) groups excluding carboxylic acids is 1. The molecular formula is C27H36N6O5S. The lowest BCUT2D eigenvalue weighted by atomic mass is 9.71. The third-order valence-electron chi connectivity index (χ3n) is 7.87. The number of fused-ring (bicyclic) bond motifs is 4. The Bertz CT molecular complexity index is 1520. The van der Waals surface area contributed by atoms with Gasteiger partial charge in [0.15, 0.2) is 5.72 Å². The predicted molar refractivity (Wildman–Crippen MR) is 147 cm³/mol. The number of aliphatic hydroxyl groups is 1. The second-order valence-electron chi connectivity index (χ2n) is 11.7. The van der Waals surface area contributed by atoms with E-state index in [0.29, 0.717) is 30.1 Å². The summed E-state index contributed by atoms with van der Waals surface area (Å²) in [6, 6.07) is 7.50. The number of rotatable bonds is 3. The van der Waals surface area contributed by atoms with Crippen LogP contribution in [-0.2, 0) is 20.3 Å². The molecule has 1 aromatic carbocycles. The molecular weight excluding hydrogens is 520 g/mol. The van der Waals surface area contributed by atoms with Crippen LogP contribution >= 0.6 is 0 Å². The van der Waals surface area contributed by atoms with Gasteiger partial charge in [-0.1, -0.05) is 19.3 Å². The third-order valence-corrected chi connectivity index (χ3v) is 8.80. The fourth-order valence-corrected chi connectivity index (χ4v) is 6.63. The van der Waals surface area contributed by atoms with Gasteiger partial charge in [-0.05, 0) is 77.8 Å². The number of hydrogen-bond acceptors (Lipinski definition) is 8. The molecule has 1 spiro atoms. The minimum Gasteiger partial charge on any atom is -0.444 e. The van der Waals surface area contributed by atoms with Crippen LogP contribution in [-0.4, -0.2) is 50.4 Å². The Kier molecular flexibility index (Phi) is 6.43. The van der Waals surface area contributed by atoms with Crippen molar-refractivity contribution in [1.29, 1.82) is 0 Å². The van der Waals surface area contributed by atoms with E-state index in [1.807, 2.05) is 33.8 Å². The van der Waals surface area contributed by atoms with Crippen molar-refractivity contribution in [1.82, 2.24) is 19.4 Å². The Morgan fingerprint density at radius 1 is 1.18 bits per heavy atom. The molecule has 0 bridgehead atoms. The van der Waals surface area contributed by atoms with Gasteiger partial charge in [-0.25, -0.2) is 23.3 Å². The summed E-state index contributed by atoms with van der Waals surface area (Å²) in [7, 11) is -3.80. The topological polar surface area (TPSA) is 153 Å². The summed E-state index contributed by atoms with van der Waals surface area (Å²) in [5, 5.41) is 21.4. The summed E-state index contributed by atoms with van der Waals surface area (Å²) in [5.74, 6) is 0.319. The smallest absolute Gasteiger partial charge is 0.413 e. The van der Waals surface area contributed by atoms with Gasteiger partial charge >= 0.3 is 6.09 Å². The van der Waals surface area contributed by atoms with Crippen molar-refractivity contribution in [2.45, 2.75) is 94.5 Å². The number of carbonyl (C=O) groups is 1. The minimum atomic E-state index is -3.80. The number of sulfonamides is 1. The molecule has 3 heterocycles. The molecule has 39 heavy (non-hydrogen) atoms. The zero-order valence-corrected chi connectivity index (χ0v) is 23.7. The summed E-state index contributed by atoms with van der Waals surface area (Å²) in [4.78, 5) is 24.3. The lowest BCUT2D eigenvalue weighted by Crippen LogP contribution is -2.69. The Balaban J connectivity index is 1.61. The molecule has 2 atom stereocenters. The van der Waals surface area contributed by atoms with Gasteiger partial charge in [0.05, 0.1) is 16.5 Å². The number of nitrogens with one attached hydrogen (secondary N) is 1. The maximum atomic E-state index is 13.5. The fourth-order valence-electron chi connectivity index (χ4n) is 6.11. The van der Waals surface area contributed by atoms with Crippen LogP contribution in [0.3, 0.4) is 0 Å². The zero-order chi connectivity index (χ0) is 28.4. The van der Waals surface area contributed by atoms with Gasteiger partial charge < -0.3 is 19.7 Å². The summed E-state index contributed by atoms with van der Waals surface area (Å²) in [6.07, 6.45) is 5.35. The predicted octanol–water partition coefficient (Wildman–Crippen LogP) is 4.50. The van der Waals surface area contributed by atoms with Gasteiger partial charge in [0, 0.05) is 23.0 Å². The lowest BCUT2D eigenvalue weighted by Gasteiger charge is -2.58. The Labute approximate surface area is 228 Å². The number of aromatic nitrogens is 3. The highest BCUT2D eigenvalue weighted by Gasteiger charge is 2.60.